The molecule has 1 N–H and O–H groups in total. The second-order valence-electron chi connectivity index (χ2n) is 5.01. The minimum atomic E-state index is -0.668. The summed E-state index contributed by atoms with van der Waals surface area (Å²) in [5.74, 6) is -0.892. The molecule has 0 aliphatic carbocycles. The van der Waals surface area contributed by atoms with Crippen molar-refractivity contribution >= 4 is 5.91 Å². The lowest BCUT2D eigenvalue weighted by molar-refractivity contribution is -0.124. The molecule has 0 aromatic heterocycles. The van der Waals surface area contributed by atoms with Crippen molar-refractivity contribution in [3.8, 4) is 6.07 Å². The maximum Gasteiger partial charge on any atom is 0.238 e. The van der Waals surface area contributed by atoms with Gasteiger partial charge in [0, 0.05) is 0 Å². The highest BCUT2D eigenvalue weighted by Gasteiger charge is 2.20. The van der Waals surface area contributed by atoms with Crippen LogP contribution in [0.25, 0.3) is 0 Å². The Labute approximate surface area is 125 Å². The number of rotatable bonds is 5. The molecule has 0 aliphatic rings. The molecule has 1 unspecified atom stereocenters. The fraction of sp³-hybridized carbons (Fsp3) is 0.222. The van der Waals surface area contributed by atoms with Gasteiger partial charge >= 0.3 is 0 Å². The molecule has 0 heterocycles. The zero-order valence-electron chi connectivity index (χ0n) is 12.0. The lowest BCUT2D eigenvalue weighted by Gasteiger charge is -2.16. The van der Waals surface area contributed by atoms with Crippen LogP contribution < -0.4 is 5.32 Å². The number of benzene rings is 2. The standard InChI is InChI=1S/C18H18N2O/c1-14(16-10-6-3-7-11-16)20-18(21)17(13-19)12-15-8-4-2-5-9-15/h2-11,14,17H,12H2,1H3,(H,20,21)/t14-,17?/m0/s1. The average Bonchev–Trinajstić information content (AvgIpc) is 2.54. The predicted octanol–water partition coefficient (Wildman–Crippen LogP) is 3.25. The molecule has 0 aliphatic heterocycles. The first-order valence-corrected chi connectivity index (χ1v) is 6.99. The Kier molecular flexibility index (Phi) is 5.11. The van der Waals surface area contributed by atoms with Gasteiger partial charge in [-0.25, -0.2) is 0 Å². The zero-order chi connectivity index (χ0) is 15.1. The molecule has 106 valence electrons. The van der Waals surface area contributed by atoms with Crippen LogP contribution in [0.4, 0.5) is 0 Å². The smallest absolute Gasteiger partial charge is 0.238 e. The summed E-state index contributed by atoms with van der Waals surface area (Å²) in [7, 11) is 0. The highest BCUT2D eigenvalue weighted by Crippen LogP contribution is 2.14. The van der Waals surface area contributed by atoms with Crippen LogP contribution in [0.1, 0.15) is 24.1 Å². The number of nitrogens with one attached hydrogen (secondary N) is 1. The Bertz CT molecular complexity index is 617. The van der Waals surface area contributed by atoms with Gasteiger partial charge in [-0.1, -0.05) is 60.7 Å². The normalized spacial score (nSPS) is 13.0. The summed E-state index contributed by atoms with van der Waals surface area (Å²) < 4.78 is 0. The summed E-state index contributed by atoms with van der Waals surface area (Å²) in [6, 6.07) is 21.3. The molecule has 2 atom stereocenters. The van der Waals surface area contributed by atoms with Gasteiger partial charge in [-0.2, -0.15) is 5.26 Å². The monoisotopic (exact) mass is 278 g/mol. The van der Waals surface area contributed by atoms with Gasteiger partial charge < -0.3 is 5.32 Å². The highest BCUT2D eigenvalue weighted by molar-refractivity contribution is 5.81. The van der Waals surface area contributed by atoms with Crippen molar-refractivity contribution in [1.29, 1.82) is 5.26 Å². The first kappa shape index (κ1) is 14.8. The van der Waals surface area contributed by atoms with Gasteiger partial charge in [-0.3, -0.25) is 4.79 Å². The summed E-state index contributed by atoms with van der Waals surface area (Å²) in [5.41, 5.74) is 2.02. The summed E-state index contributed by atoms with van der Waals surface area (Å²) in [6.45, 7) is 1.92. The molecular weight excluding hydrogens is 260 g/mol. The number of nitrogens with zero attached hydrogens (tertiary/aromatic N) is 1. The van der Waals surface area contributed by atoms with E-state index in [9.17, 15) is 10.1 Å². The molecule has 0 fully saturated rings. The van der Waals surface area contributed by atoms with Gasteiger partial charge in [0.05, 0.1) is 12.1 Å². The summed E-state index contributed by atoms with van der Waals surface area (Å²) in [6.07, 6.45) is 0.435. The van der Waals surface area contributed by atoms with Gasteiger partial charge in [0.15, 0.2) is 0 Å². The third-order valence-electron chi connectivity index (χ3n) is 3.41. The van der Waals surface area contributed by atoms with E-state index >= 15 is 0 Å². The van der Waals surface area contributed by atoms with Crippen LogP contribution in [0.2, 0.25) is 0 Å². The second-order valence-corrected chi connectivity index (χ2v) is 5.01. The van der Waals surface area contributed by atoms with Crippen LogP contribution in [-0.4, -0.2) is 5.91 Å². The maximum absolute atomic E-state index is 12.2. The van der Waals surface area contributed by atoms with Crippen molar-refractivity contribution in [2.75, 3.05) is 0 Å². The third-order valence-corrected chi connectivity index (χ3v) is 3.41. The Morgan fingerprint density at radius 3 is 2.24 bits per heavy atom. The number of nitriles is 1. The Morgan fingerprint density at radius 1 is 1.10 bits per heavy atom. The number of carbonyl (C=O) groups is 1. The highest BCUT2D eigenvalue weighted by atomic mass is 16.1. The predicted molar refractivity (Wildman–Crippen MR) is 82.2 cm³/mol. The van der Waals surface area contributed by atoms with Crippen LogP contribution in [0.3, 0.4) is 0 Å². The molecular formula is C18H18N2O. The van der Waals surface area contributed by atoms with Gasteiger partial charge in [0.1, 0.15) is 5.92 Å². The van der Waals surface area contributed by atoms with Crippen molar-refractivity contribution in [3.63, 3.8) is 0 Å². The molecule has 1 amide bonds. The number of hydrogen-bond acceptors (Lipinski definition) is 2. The van der Waals surface area contributed by atoms with E-state index in [-0.39, 0.29) is 11.9 Å². The molecule has 0 saturated heterocycles. The van der Waals surface area contributed by atoms with E-state index in [1.165, 1.54) is 0 Å². The molecule has 3 nitrogen and oxygen atoms in total. The maximum atomic E-state index is 12.2. The first-order chi connectivity index (χ1) is 10.2. The van der Waals surface area contributed by atoms with Crippen molar-refractivity contribution in [1.82, 2.24) is 5.32 Å². The van der Waals surface area contributed by atoms with Crippen LogP contribution in [-0.2, 0) is 11.2 Å². The van der Waals surface area contributed by atoms with E-state index in [1.54, 1.807) is 0 Å². The van der Waals surface area contributed by atoms with E-state index in [2.05, 4.69) is 11.4 Å². The quantitative estimate of drug-likeness (QED) is 0.912. The Balaban J connectivity index is 1.99. The third kappa shape index (κ3) is 4.19. The molecule has 0 bridgehead atoms. The number of hydrogen-bond donors (Lipinski definition) is 1. The summed E-state index contributed by atoms with van der Waals surface area (Å²) in [5, 5.41) is 12.1. The molecule has 2 aromatic carbocycles. The van der Waals surface area contributed by atoms with Crippen LogP contribution in [0.5, 0.6) is 0 Å². The Hall–Kier alpha value is -2.60. The van der Waals surface area contributed by atoms with E-state index < -0.39 is 5.92 Å². The SMILES string of the molecule is C[C@H](NC(=O)C(C#N)Cc1ccccc1)c1ccccc1. The molecule has 0 radical (unpaired) electrons. The van der Waals surface area contributed by atoms with Crippen molar-refractivity contribution in [3.05, 3.63) is 71.8 Å². The molecule has 0 saturated carbocycles. The van der Waals surface area contributed by atoms with E-state index in [1.807, 2.05) is 67.6 Å². The van der Waals surface area contributed by atoms with E-state index in [0.717, 1.165) is 11.1 Å². The Morgan fingerprint density at radius 2 is 1.67 bits per heavy atom. The summed E-state index contributed by atoms with van der Waals surface area (Å²) in [4.78, 5) is 12.2. The molecule has 2 aromatic rings. The fourth-order valence-corrected chi connectivity index (χ4v) is 2.19. The van der Waals surface area contributed by atoms with Crippen LogP contribution in [0, 0.1) is 17.2 Å². The summed E-state index contributed by atoms with van der Waals surface area (Å²) >= 11 is 0. The first-order valence-electron chi connectivity index (χ1n) is 6.99. The molecule has 0 spiro atoms. The lowest BCUT2D eigenvalue weighted by Crippen LogP contribution is -2.33. The van der Waals surface area contributed by atoms with Gasteiger partial charge in [0.2, 0.25) is 5.91 Å². The van der Waals surface area contributed by atoms with Gasteiger partial charge in [-0.05, 0) is 24.5 Å². The average molecular weight is 278 g/mol. The zero-order valence-corrected chi connectivity index (χ0v) is 12.0. The number of amides is 1. The number of carbonyl (C=O) groups excluding carboxylic acids is 1. The molecule has 3 heteroatoms. The topological polar surface area (TPSA) is 52.9 Å². The van der Waals surface area contributed by atoms with E-state index in [4.69, 9.17) is 0 Å². The van der Waals surface area contributed by atoms with Crippen LogP contribution >= 0.6 is 0 Å². The van der Waals surface area contributed by atoms with Gasteiger partial charge in [0.25, 0.3) is 0 Å². The second kappa shape index (κ2) is 7.25. The van der Waals surface area contributed by atoms with Crippen LogP contribution in [0.15, 0.2) is 60.7 Å². The largest absolute Gasteiger partial charge is 0.348 e. The van der Waals surface area contributed by atoms with E-state index in [0.29, 0.717) is 6.42 Å². The minimum absolute atomic E-state index is 0.106. The van der Waals surface area contributed by atoms with Crippen molar-refractivity contribution in [2.45, 2.75) is 19.4 Å². The van der Waals surface area contributed by atoms with Crippen molar-refractivity contribution < 1.29 is 4.79 Å². The van der Waals surface area contributed by atoms with Gasteiger partial charge in [-0.15, -0.1) is 0 Å². The fourth-order valence-electron chi connectivity index (χ4n) is 2.19. The lowest BCUT2D eigenvalue weighted by atomic mass is 9.99. The minimum Gasteiger partial charge on any atom is -0.348 e. The molecule has 2 rings (SSSR count). The molecule has 21 heavy (non-hydrogen) atoms. The van der Waals surface area contributed by atoms with Crippen molar-refractivity contribution in [2.24, 2.45) is 5.92 Å².